The van der Waals surface area contributed by atoms with Crippen LogP contribution in [0.5, 0.6) is 0 Å². The molecule has 0 saturated heterocycles. The Morgan fingerprint density at radius 1 is 1.05 bits per heavy atom. The van der Waals surface area contributed by atoms with Crippen molar-refractivity contribution in [1.29, 1.82) is 0 Å². The first-order valence-corrected chi connectivity index (χ1v) is 7.59. The van der Waals surface area contributed by atoms with E-state index in [0.717, 1.165) is 4.90 Å². The van der Waals surface area contributed by atoms with E-state index in [2.05, 4.69) is 19.9 Å². The first-order valence-electron chi connectivity index (χ1n) is 5.64. The Hall–Kier alpha value is -1.34. The van der Waals surface area contributed by atoms with Crippen molar-refractivity contribution in [1.82, 2.24) is 24.5 Å². The van der Waals surface area contributed by atoms with Gasteiger partial charge in [-0.2, -0.15) is 15.0 Å². The van der Waals surface area contributed by atoms with Crippen molar-refractivity contribution in [2.24, 2.45) is 0 Å². The molecule has 0 saturated carbocycles. The molecule has 106 valence electrons. The standard InChI is InChI=1S/C12H6Cl3N5S/c13-7-1-2-8(14)9(5-7)21-12-18-10(15)17-11(19-12)20-4-3-16-6-20/h1-6H. The second-order valence-corrected chi connectivity index (χ2v) is 6.02. The van der Waals surface area contributed by atoms with Crippen LogP contribution in [0.4, 0.5) is 0 Å². The highest BCUT2D eigenvalue weighted by Gasteiger charge is 2.10. The van der Waals surface area contributed by atoms with E-state index in [9.17, 15) is 0 Å². The van der Waals surface area contributed by atoms with Crippen molar-refractivity contribution in [2.75, 3.05) is 0 Å². The zero-order chi connectivity index (χ0) is 14.8. The molecule has 0 radical (unpaired) electrons. The lowest BCUT2D eigenvalue weighted by atomic mass is 10.4. The molecule has 2 aromatic heterocycles. The largest absolute Gasteiger partial charge is 0.274 e. The van der Waals surface area contributed by atoms with Crippen LogP contribution in [0.25, 0.3) is 5.95 Å². The van der Waals surface area contributed by atoms with Gasteiger partial charge >= 0.3 is 0 Å². The monoisotopic (exact) mass is 357 g/mol. The molecule has 0 amide bonds. The van der Waals surface area contributed by atoms with Crippen molar-refractivity contribution in [2.45, 2.75) is 10.1 Å². The smallest absolute Gasteiger partial charge is 0.240 e. The average Bonchev–Trinajstić information content (AvgIpc) is 2.96. The highest BCUT2D eigenvalue weighted by molar-refractivity contribution is 7.99. The number of benzene rings is 1. The summed E-state index contributed by atoms with van der Waals surface area (Å²) in [6.45, 7) is 0. The van der Waals surface area contributed by atoms with Gasteiger partial charge in [0.05, 0.1) is 5.02 Å². The number of rotatable bonds is 3. The Labute approximate surface area is 139 Å². The molecule has 3 aromatic rings. The van der Waals surface area contributed by atoms with Gasteiger partial charge in [-0.3, -0.25) is 4.57 Å². The Kier molecular flexibility index (Phi) is 4.30. The van der Waals surface area contributed by atoms with E-state index in [1.807, 2.05) is 0 Å². The van der Waals surface area contributed by atoms with Crippen LogP contribution in [0.2, 0.25) is 15.3 Å². The molecule has 0 aliphatic carbocycles. The third kappa shape index (κ3) is 3.47. The first-order chi connectivity index (χ1) is 10.1. The third-order valence-electron chi connectivity index (χ3n) is 2.41. The van der Waals surface area contributed by atoms with Gasteiger partial charge in [0.15, 0.2) is 5.16 Å². The molecule has 21 heavy (non-hydrogen) atoms. The summed E-state index contributed by atoms with van der Waals surface area (Å²) in [6, 6.07) is 5.17. The summed E-state index contributed by atoms with van der Waals surface area (Å²) in [7, 11) is 0. The zero-order valence-corrected chi connectivity index (χ0v) is 13.3. The fraction of sp³-hybridized carbons (Fsp3) is 0. The van der Waals surface area contributed by atoms with Crippen LogP contribution < -0.4 is 0 Å². The van der Waals surface area contributed by atoms with Gasteiger partial charge < -0.3 is 0 Å². The van der Waals surface area contributed by atoms with Crippen LogP contribution in [0.1, 0.15) is 0 Å². The predicted molar refractivity (Wildman–Crippen MR) is 82.5 cm³/mol. The lowest BCUT2D eigenvalue weighted by molar-refractivity contribution is 0.823. The lowest BCUT2D eigenvalue weighted by Crippen LogP contribution is -2.02. The van der Waals surface area contributed by atoms with E-state index in [-0.39, 0.29) is 5.28 Å². The van der Waals surface area contributed by atoms with Crippen molar-refractivity contribution in [3.63, 3.8) is 0 Å². The highest BCUT2D eigenvalue weighted by Crippen LogP contribution is 2.33. The molecule has 0 atom stereocenters. The van der Waals surface area contributed by atoms with Crippen LogP contribution in [-0.4, -0.2) is 24.5 Å². The minimum absolute atomic E-state index is 0.0920. The fourth-order valence-corrected chi connectivity index (χ4v) is 3.00. The van der Waals surface area contributed by atoms with Gasteiger partial charge in [0, 0.05) is 22.3 Å². The van der Waals surface area contributed by atoms with E-state index < -0.39 is 0 Å². The summed E-state index contributed by atoms with van der Waals surface area (Å²) in [5, 5.41) is 1.65. The van der Waals surface area contributed by atoms with Gasteiger partial charge in [-0.1, -0.05) is 23.2 Å². The molecule has 2 heterocycles. The molecule has 0 N–H and O–H groups in total. The van der Waals surface area contributed by atoms with Crippen LogP contribution in [0, 0.1) is 0 Å². The molecule has 1 aromatic carbocycles. The van der Waals surface area contributed by atoms with E-state index in [1.54, 1.807) is 41.5 Å². The van der Waals surface area contributed by atoms with Crippen LogP contribution >= 0.6 is 46.6 Å². The molecule has 0 spiro atoms. The molecule has 0 fully saturated rings. The predicted octanol–water partition coefficient (Wildman–Crippen LogP) is 4.17. The normalized spacial score (nSPS) is 10.8. The SMILES string of the molecule is Clc1ccc(Cl)c(Sc2nc(Cl)nc(-n3ccnc3)n2)c1. The Morgan fingerprint density at radius 2 is 1.90 bits per heavy atom. The molecular weight excluding hydrogens is 353 g/mol. The van der Waals surface area contributed by atoms with Gasteiger partial charge in [0.25, 0.3) is 0 Å². The number of halogens is 3. The molecule has 0 bridgehead atoms. The average molecular weight is 359 g/mol. The maximum Gasteiger partial charge on any atom is 0.240 e. The van der Waals surface area contributed by atoms with Gasteiger partial charge in [-0.05, 0) is 41.6 Å². The van der Waals surface area contributed by atoms with Gasteiger partial charge in [-0.15, -0.1) is 0 Å². The number of imidazole rings is 1. The molecule has 9 heteroatoms. The van der Waals surface area contributed by atoms with Crippen LogP contribution in [0.15, 0.2) is 47.0 Å². The first kappa shape index (κ1) is 14.6. The summed E-state index contributed by atoms with van der Waals surface area (Å²) in [5.41, 5.74) is 0. The Bertz CT molecular complexity index is 779. The van der Waals surface area contributed by atoms with Gasteiger partial charge in [0.1, 0.15) is 6.33 Å². The van der Waals surface area contributed by atoms with E-state index in [1.165, 1.54) is 11.8 Å². The summed E-state index contributed by atoms with van der Waals surface area (Å²) >= 11 is 19.3. The maximum absolute atomic E-state index is 6.13. The van der Waals surface area contributed by atoms with Gasteiger partial charge in [-0.25, -0.2) is 4.98 Å². The van der Waals surface area contributed by atoms with E-state index >= 15 is 0 Å². The van der Waals surface area contributed by atoms with Crippen LogP contribution in [-0.2, 0) is 0 Å². The van der Waals surface area contributed by atoms with E-state index in [4.69, 9.17) is 34.8 Å². The quantitative estimate of drug-likeness (QED) is 0.703. The van der Waals surface area contributed by atoms with Crippen molar-refractivity contribution >= 4 is 46.6 Å². The molecule has 0 aliphatic rings. The number of hydrogen-bond donors (Lipinski definition) is 0. The number of aromatic nitrogens is 5. The molecule has 5 nitrogen and oxygen atoms in total. The second kappa shape index (κ2) is 6.19. The van der Waals surface area contributed by atoms with Gasteiger partial charge in [0.2, 0.25) is 11.2 Å². The zero-order valence-electron chi connectivity index (χ0n) is 10.2. The lowest BCUT2D eigenvalue weighted by Gasteiger charge is -2.06. The minimum atomic E-state index is 0.0920. The second-order valence-electron chi connectivity index (χ2n) is 3.83. The van der Waals surface area contributed by atoms with Crippen LogP contribution in [0.3, 0.4) is 0 Å². The molecule has 0 unspecified atom stereocenters. The maximum atomic E-state index is 6.13. The fourth-order valence-electron chi connectivity index (χ4n) is 1.51. The topological polar surface area (TPSA) is 56.5 Å². The van der Waals surface area contributed by atoms with E-state index in [0.29, 0.717) is 21.2 Å². The van der Waals surface area contributed by atoms with Crippen molar-refractivity contribution < 1.29 is 0 Å². The molecule has 3 rings (SSSR count). The summed E-state index contributed by atoms with van der Waals surface area (Å²) < 4.78 is 1.64. The Morgan fingerprint density at radius 3 is 2.67 bits per heavy atom. The summed E-state index contributed by atoms with van der Waals surface area (Å²) in [5.74, 6) is 0.383. The highest BCUT2D eigenvalue weighted by atomic mass is 35.5. The summed E-state index contributed by atoms with van der Waals surface area (Å²) in [6.07, 6.45) is 4.91. The van der Waals surface area contributed by atoms with Crippen molar-refractivity contribution in [3.05, 3.63) is 52.2 Å². The van der Waals surface area contributed by atoms with Crippen molar-refractivity contribution in [3.8, 4) is 5.95 Å². The number of hydrogen-bond acceptors (Lipinski definition) is 5. The summed E-state index contributed by atoms with van der Waals surface area (Å²) in [4.78, 5) is 17.1. The number of nitrogens with zero attached hydrogens (tertiary/aromatic N) is 5. The molecule has 0 aliphatic heterocycles. The minimum Gasteiger partial charge on any atom is -0.274 e. The Balaban J connectivity index is 1.97. The third-order valence-corrected chi connectivity index (χ3v) is 4.17. The molecular formula is C12H6Cl3N5S.